The number of aromatic nitrogens is 1. The van der Waals surface area contributed by atoms with Gasteiger partial charge in [0.05, 0.1) is 31.1 Å². The predicted octanol–water partition coefficient (Wildman–Crippen LogP) is 3.07. The molecule has 1 aliphatic rings. The van der Waals surface area contributed by atoms with Crippen LogP contribution in [0.3, 0.4) is 0 Å². The SMILES string of the molecule is CCOC(=O)c1c(-c2ccccc2)cc(N2CCOCC2)nc1C. The van der Waals surface area contributed by atoms with E-state index in [2.05, 4.69) is 9.88 Å². The maximum Gasteiger partial charge on any atom is 0.340 e. The molecule has 1 aromatic heterocycles. The number of pyridine rings is 1. The van der Waals surface area contributed by atoms with Crippen LogP contribution in [0.15, 0.2) is 36.4 Å². The summed E-state index contributed by atoms with van der Waals surface area (Å²) in [5.41, 5.74) is 3.08. The molecule has 3 rings (SSSR count). The van der Waals surface area contributed by atoms with Gasteiger partial charge in [0.15, 0.2) is 0 Å². The van der Waals surface area contributed by atoms with Crippen LogP contribution in [0.25, 0.3) is 11.1 Å². The third kappa shape index (κ3) is 3.41. The van der Waals surface area contributed by atoms with E-state index in [0.29, 0.717) is 31.1 Å². The Kier molecular flexibility index (Phi) is 5.11. The first kappa shape index (κ1) is 16.5. The van der Waals surface area contributed by atoms with Crippen LogP contribution in [0.2, 0.25) is 0 Å². The number of anilines is 1. The van der Waals surface area contributed by atoms with Gasteiger partial charge in [-0.2, -0.15) is 0 Å². The minimum absolute atomic E-state index is 0.324. The molecule has 0 amide bonds. The van der Waals surface area contributed by atoms with Crippen molar-refractivity contribution in [2.75, 3.05) is 37.8 Å². The molecular weight excluding hydrogens is 304 g/mol. The van der Waals surface area contributed by atoms with E-state index >= 15 is 0 Å². The number of carbonyl (C=O) groups excluding carboxylic acids is 1. The molecule has 0 aliphatic carbocycles. The Hall–Kier alpha value is -2.40. The Labute approximate surface area is 142 Å². The number of carbonyl (C=O) groups is 1. The van der Waals surface area contributed by atoms with Gasteiger partial charge < -0.3 is 14.4 Å². The maximum absolute atomic E-state index is 12.5. The molecule has 0 radical (unpaired) electrons. The summed E-state index contributed by atoms with van der Waals surface area (Å²) in [6.45, 7) is 7.02. The van der Waals surface area contributed by atoms with Gasteiger partial charge in [0.2, 0.25) is 0 Å². The van der Waals surface area contributed by atoms with Crippen LogP contribution >= 0.6 is 0 Å². The lowest BCUT2D eigenvalue weighted by Crippen LogP contribution is -2.37. The highest BCUT2D eigenvalue weighted by atomic mass is 16.5. The number of nitrogens with zero attached hydrogens (tertiary/aromatic N) is 2. The number of hydrogen-bond acceptors (Lipinski definition) is 5. The van der Waals surface area contributed by atoms with Crippen molar-refractivity contribution in [1.29, 1.82) is 0 Å². The third-order valence-electron chi connectivity index (χ3n) is 4.09. The van der Waals surface area contributed by atoms with E-state index in [1.54, 1.807) is 0 Å². The highest BCUT2D eigenvalue weighted by Gasteiger charge is 2.22. The molecule has 2 aromatic rings. The fourth-order valence-corrected chi connectivity index (χ4v) is 2.92. The van der Waals surface area contributed by atoms with E-state index in [-0.39, 0.29) is 5.97 Å². The van der Waals surface area contributed by atoms with Crippen LogP contribution in [-0.2, 0) is 9.47 Å². The van der Waals surface area contributed by atoms with Crippen LogP contribution in [-0.4, -0.2) is 43.9 Å². The molecule has 0 atom stereocenters. The smallest absolute Gasteiger partial charge is 0.340 e. The van der Waals surface area contributed by atoms with Crippen molar-refractivity contribution in [2.24, 2.45) is 0 Å². The first-order chi connectivity index (χ1) is 11.7. The number of esters is 1. The lowest BCUT2D eigenvalue weighted by atomic mass is 9.99. The summed E-state index contributed by atoms with van der Waals surface area (Å²) < 4.78 is 10.7. The normalized spacial score (nSPS) is 14.5. The summed E-state index contributed by atoms with van der Waals surface area (Å²) in [5.74, 6) is 0.553. The lowest BCUT2D eigenvalue weighted by Gasteiger charge is -2.29. The number of benzene rings is 1. The second-order valence-corrected chi connectivity index (χ2v) is 5.67. The number of hydrogen-bond donors (Lipinski definition) is 0. The Morgan fingerprint density at radius 3 is 2.62 bits per heavy atom. The van der Waals surface area contributed by atoms with E-state index in [1.807, 2.05) is 50.2 Å². The molecule has 5 nitrogen and oxygen atoms in total. The van der Waals surface area contributed by atoms with Gasteiger partial charge in [-0.25, -0.2) is 9.78 Å². The van der Waals surface area contributed by atoms with Gasteiger partial charge >= 0.3 is 5.97 Å². The van der Waals surface area contributed by atoms with Crippen LogP contribution in [0.5, 0.6) is 0 Å². The third-order valence-corrected chi connectivity index (χ3v) is 4.09. The molecular formula is C19H22N2O3. The molecule has 0 bridgehead atoms. The van der Waals surface area contributed by atoms with E-state index in [9.17, 15) is 4.79 Å². The molecule has 0 spiro atoms. The maximum atomic E-state index is 12.5. The van der Waals surface area contributed by atoms with Crippen molar-refractivity contribution in [3.8, 4) is 11.1 Å². The average Bonchev–Trinajstić information content (AvgIpc) is 2.62. The molecule has 1 saturated heterocycles. The molecule has 24 heavy (non-hydrogen) atoms. The molecule has 1 aliphatic heterocycles. The Bertz CT molecular complexity index is 710. The monoisotopic (exact) mass is 326 g/mol. The Morgan fingerprint density at radius 2 is 1.96 bits per heavy atom. The summed E-state index contributed by atoms with van der Waals surface area (Å²) in [4.78, 5) is 19.3. The molecule has 5 heteroatoms. The van der Waals surface area contributed by atoms with Gasteiger partial charge in [0.1, 0.15) is 5.82 Å². The Morgan fingerprint density at radius 1 is 1.25 bits per heavy atom. The quantitative estimate of drug-likeness (QED) is 0.808. The van der Waals surface area contributed by atoms with Crippen LogP contribution < -0.4 is 4.90 Å². The van der Waals surface area contributed by atoms with E-state index < -0.39 is 0 Å². The van der Waals surface area contributed by atoms with Gasteiger partial charge in [0.25, 0.3) is 0 Å². The van der Waals surface area contributed by atoms with Gasteiger partial charge in [-0.05, 0) is 25.5 Å². The molecule has 1 fully saturated rings. The van der Waals surface area contributed by atoms with Gasteiger partial charge in [-0.3, -0.25) is 0 Å². The highest BCUT2D eigenvalue weighted by Crippen LogP contribution is 2.30. The van der Waals surface area contributed by atoms with E-state index in [0.717, 1.165) is 30.0 Å². The molecule has 0 unspecified atom stereocenters. The number of ether oxygens (including phenoxy) is 2. The van der Waals surface area contributed by atoms with Crippen molar-refractivity contribution in [3.05, 3.63) is 47.7 Å². The van der Waals surface area contributed by atoms with Gasteiger partial charge in [-0.15, -0.1) is 0 Å². The largest absolute Gasteiger partial charge is 0.462 e. The first-order valence-electron chi connectivity index (χ1n) is 8.27. The standard InChI is InChI=1S/C19H22N2O3/c1-3-24-19(22)18-14(2)20-17(21-9-11-23-12-10-21)13-16(18)15-7-5-4-6-8-15/h4-8,13H,3,9-12H2,1-2H3. The summed E-state index contributed by atoms with van der Waals surface area (Å²) in [6.07, 6.45) is 0. The minimum atomic E-state index is -0.324. The van der Waals surface area contributed by atoms with Crippen molar-refractivity contribution in [2.45, 2.75) is 13.8 Å². The second kappa shape index (κ2) is 7.45. The van der Waals surface area contributed by atoms with Crippen LogP contribution in [0.4, 0.5) is 5.82 Å². The fourth-order valence-electron chi connectivity index (χ4n) is 2.92. The first-order valence-corrected chi connectivity index (χ1v) is 8.27. The molecule has 0 N–H and O–H groups in total. The van der Waals surface area contributed by atoms with Crippen molar-refractivity contribution in [3.63, 3.8) is 0 Å². The number of morpholine rings is 1. The van der Waals surface area contributed by atoms with Crippen LogP contribution in [0.1, 0.15) is 23.0 Å². The topological polar surface area (TPSA) is 51.7 Å². The summed E-state index contributed by atoms with van der Waals surface area (Å²) in [6, 6.07) is 11.9. The molecule has 1 aromatic carbocycles. The van der Waals surface area contributed by atoms with Gasteiger partial charge in [-0.1, -0.05) is 30.3 Å². The number of rotatable bonds is 4. The molecule has 0 saturated carbocycles. The zero-order chi connectivity index (χ0) is 16.9. The van der Waals surface area contributed by atoms with E-state index in [1.165, 1.54) is 0 Å². The van der Waals surface area contributed by atoms with Crippen molar-refractivity contribution >= 4 is 11.8 Å². The molecule has 2 heterocycles. The molecule has 126 valence electrons. The zero-order valence-corrected chi connectivity index (χ0v) is 14.1. The average molecular weight is 326 g/mol. The van der Waals surface area contributed by atoms with Gasteiger partial charge in [0, 0.05) is 18.7 Å². The minimum Gasteiger partial charge on any atom is -0.462 e. The number of aryl methyl sites for hydroxylation is 1. The predicted molar refractivity (Wildman–Crippen MR) is 93.4 cm³/mol. The Balaban J connectivity index is 2.10. The highest BCUT2D eigenvalue weighted by molar-refractivity contribution is 5.99. The summed E-state index contributed by atoms with van der Waals surface area (Å²) in [5, 5.41) is 0. The van der Waals surface area contributed by atoms with Crippen molar-refractivity contribution < 1.29 is 14.3 Å². The fraction of sp³-hybridized carbons (Fsp3) is 0.368. The second-order valence-electron chi connectivity index (χ2n) is 5.67. The van der Waals surface area contributed by atoms with E-state index in [4.69, 9.17) is 9.47 Å². The van der Waals surface area contributed by atoms with Crippen LogP contribution in [0, 0.1) is 6.92 Å². The van der Waals surface area contributed by atoms with Crippen molar-refractivity contribution in [1.82, 2.24) is 4.98 Å². The lowest BCUT2D eigenvalue weighted by molar-refractivity contribution is 0.0526. The zero-order valence-electron chi connectivity index (χ0n) is 14.1. The summed E-state index contributed by atoms with van der Waals surface area (Å²) >= 11 is 0. The summed E-state index contributed by atoms with van der Waals surface area (Å²) in [7, 11) is 0.